The molecule has 0 atom stereocenters. The summed E-state index contributed by atoms with van der Waals surface area (Å²) < 4.78 is 27.7. The third-order valence-electron chi connectivity index (χ3n) is 4.68. The van der Waals surface area contributed by atoms with Crippen LogP contribution >= 0.6 is 0 Å². The second-order valence-electron chi connectivity index (χ2n) is 6.97. The molecule has 0 spiro atoms. The first-order valence-corrected chi connectivity index (χ1v) is 11.1. The highest BCUT2D eigenvalue weighted by Gasteiger charge is 2.16. The third kappa shape index (κ3) is 5.61. The molecular formula is C23H24N2O4S. The van der Waals surface area contributed by atoms with Crippen molar-refractivity contribution >= 4 is 21.6 Å². The van der Waals surface area contributed by atoms with Crippen molar-refractivity contribution in [2.45, 2.75) is 24.7 Å². The quantitative estimate of drug-likeness (QED) is 0.479. The zero-order valence-corrected chi connectivity index (χ0v) is 17.4. The van der Waals surface area contributed by atoms with Crippen molar-refractivity contribution in [1.82, 2.24) is 5.32 Å². The van der Waals surface area contributed by atoms with E-state index >= 15 is 0 Å². The minimum absolute atomic E-state index is 0.0923. The van der Waals surface area contributed by atoms with Gasteiger partial charge in [0.25, 0.3) is 15.9 Å². The summed E-state index contributed by atoms with van der Waals surface area (Å²) in [5.74, 6) is -0.0249. The Bertz CT molecular complexity index is 1110. The van der Waals surface area contributed by atoms with Crippen LogP contribution in [0.2, 0.25) is 0 Å². The first kappa shape index (κ1) is 21.4. The number of phenols is 1. The topological polar surface area (TPSA) is 95.5 Å². The predicted molar refractivity (Wildman–Crippen MR) is 117 cm³/mol. The molecule has 0 fully saturated rings. The normalized spacial score (nSPS) is 11.1. The van der Waals surface area contributed by atoms with Crippen LogP contribution in [0.15, 0.2) is 77.7 Å². The number of benzene rings is 3. The second kappa shape index (κ2) is 9.45. The number of amides is 1. The van der Waals surface area contributed by atoms with Crippen LogP contribution in [0.1, 0.15) is 27.9 Å². The molecule has 0 radical (unpaired) electrons. The summed E-state index contributed by atoms with van der Waals surface area (Å²) >= 11 is 0. The van der Waals surface area contributed by atoms with Gasteiger partial charge in [0.2, 0.25) is 0 Å². The van der Waals surface area contributed by atoms with Crippen LogP contribution in [0, 0.1) is 6.92 Å². The van der Waals surface area contributed by atoms with E-state index in [1.165, 1.54) is 24.3 Å². The van der Waals surface area contributed by atoms with Crippen molar-refractivity contribution in [2.24, 2.45) is 0 Å². The number of sulfonamides is 1. The van der Waals surface area contributed by atoms with Crippen LogP contribution in [-0.2, 0) is 16.4 Å². The van der Waals surface area contributed by atoms with Crippen molar-refractivity contribution in [3.63, 3.8) is 0 Å². The first-order valence-electron chi connectivity index (χ1n) is 9.60. The number of nitrogens with one attached hydrogen (secondary N) is 2. The SMILES string of the molecule is Cc1ccccc1NS(=O)(=O)c1ccc(C(=O)NCCCc2ccc(O)cc2)cc1. The smallest absolute Gasteiger partial charge is 0.261 e. The molecule has 0 saturated heterocycles. The lowest BCUT2D eigenvalue weighted by Crippen LogP contribution is -2.24. The first-order chi connectivity index (χ1) is 14.3. The molecule has 0 unspecified atom stereocenters. The average molecular weight is 425 g/mol. The zero-order valence-electron chi connectivity index (χ0n) is 16.6. The van der Waals surface area contributed by atoms with E-state index in [1.54, 1.807) is 24.3 Å². The summed E-state index contributed by atoms with van der Waals surface area (Å²) in [6.07, 6.45) is 1.53. The van der Waals surface area contributed by atoms with Gasteiger partial charge in [-0.3, -0.25) is 9.52 Å². The fourth-order valence-corrected chi connectivity index (χ4v) is 4.07. The number of aryl methyl sites for hydroxylation is 2. The van der Waals surface area contributed by atoms with Crippen LogP contribution in [0.4, 0.5) is 5.69 Å². The molecule has 0 heterocycles. The zero-order chi connectivity index (χ0) is 21.6. The van der Waals surface area contributed by atoms with E-state index in [2.05, 4.69) is 10.0 Å². The maximum absolute atomic E-state index is 12.6. The second-order valence-corrected chi connectivity index (χ2v) is 8.65. The summed E-state index contributed by atoms with van der Waals surface area (Å²) in [7, 11) is -3.73. The van der Waals surface area contributed by atoms with Gasteiger partial charge in [0.05, 0.1) is 10.6 Å². The van der Waals surface area contributed by atoms with E-state index in [0.29, 0.717) is 17.8 Å². The molecule has 6 nitrogen and oxygen atoms in total. The standard InChI is InChI=1S/C23H24N2O4S/c1-17-5-2-3-7-22(17)25-30(28,29)21-14-10-19(11-15-21)23(27)24-16-4-6-18-8-12-20(26)13-9-18/h2-3,5,7-15,25-26H,4,6,16H2,1H3,(H,24,27). The Balaban J connectivity index is 1.54. The molecule has 3 N–H and O–H groups in total. The van der Waals surface area contributed by atoms with Gasteiger partial charge >= 0.3 is 0 Å². The summed E-state index contributed by atoms with van der Waals surface area (Å²) in [4.78, 5) is 12.4. The van der Waals surface area contributed by atoms with E-state index < -0.39 is 10.0 Å². The number of carbonyl (C=O) groups is 1. The highest BCUT2D eigenvalue weighted by atomic mass is 32.2. The minimum atomic E-state index is -3.73. The molecule has 0 aliphatic heterocycles. The van der Waals surface area contributed by atoms with Crippen molar-refractivity contribution < 1.29 is 18.3 Å². The lowest BCUT2D eigenvalue weighted by molar-refractivity contribution is 0.0953. The molecule has 7 heteroatoms. The Morgan fingerprint density at radius 3 is 2.27 bits per heavy atom. The van der Waals surface area contributed by atoms with Gasteiger partial charge in [-0.1, -0.05) is 30.3 Å². The van der Waals surface area contributed by atoms with Crippen molar-refractivity contribution in [1.29, 1.82) is 0 Å². The van der Waals surface area contributed by atoms with Crippen molar-refractivity contribution in [3.05, 3.63) is 89.5 Å². The number of hydrogen-bond donors (Lipinski definition) is 3. The maximum Gasteiger partial charge on any atom is 0.261 e. The Morgan fingerprint density at radius 2 is 1.60 bits per heavy atom. The highest BCUT2D eigenvalue weighted by molar-refractivity contribution is 7.92. The molecule has 3 aromatic rings. The fourth-order valence-electron chi connectivity index (χ4n) is 2.94. The lowest BCUT2D eigenvalue weighted by Gasteiger charge is -2.11. The van der Waals surface area contributed by atoms with Crippen LogP contribution in [0.5, 0.6) is 5.75 Å². The van der Waals surface area contributed by atoms with Crippen LogP contribution in [0.25, 0.3) is 0 Å². The van der Waals surface area contributed by atoms with Gasteiger partial charge < -0.3 is 10.4 Å². The number of anilines is 1. The largest absolute Gasteiger partial charge is 0.508 e. The number of phenolic OH excluding ortho intramolecular Hbond substituents is 1. The number of hydrogen-bond acceptors (Lipinski definition) is 4. The number of rotatable bonds is 8. The summed E-state index contributed by atoms with van der Waals surface area (Å²) in [6.45, 7) is 2.32. The lowest BCUT2D eigenvalue weighted by atomic mass is 10.1. The van der Waals surface area contributed by atoms with E-state index in [4.69, 9.17) is 0 Å². The molecule has 0 aliphatic rings. The molecule has 0 saturated carbocycles. The van der Waals surface area contributed by atoms with Crippen LogP contribution in [0.3, 0.4) is 0 Å². The van der Waals surface area contributed by atoms with Gasteiger partial charge in [0.1, 0.15) is 5.75 Å². The molecule has 1 amide bonds. The van der Waals surface area contributed by atoms with Crippen LogP contribution in [-0.4, -0.2) is 26.0 Å². The number of carbonyl (C=O) groups excluding carboxylic acids is 1. The molecule has 3 aromatic carbocycles. The predicted octanol–water partition coefficient (Wildman–Crippen LogP) is 3.86. The summed E-state index contributed by atoms with van der Waals surface area (Å²) in [6, 6.07) is 19.9. The Kier molecular flexibility index (Phi) is 6.74. The molecular weight excluding hydrogens is 400 g/mol. The molecule has 0 bridgehead atoms. The average Bonchev–Trinajstić information content (AvgIpc) is 2.74. The molecule has 30 heavy (non-hydrogen) atoms. The molecule has 0 aromatic heterocycles. The monoisotopic (exact) mass is 424 g/mol. The van der Waals surface area contributed by atoms with Gasteiger partial charge in [-0.15, -0.1) is 0 Å². The minimum Gasteiger partial charge on any atom is -0.508 e. The van der Waals surface area contributed by atoms with Gasteiger partial charge in [0, 0.05) is 12.1 Å². The Hall–Kier alpha value is -3.32. The highest BCUT2D eigenvalue weighted by Crippen LogP contribution is 2.19. The van der Waals surface area contributed by atoms with Crippen molar-refractivity contribution in [2.75, 3.05) is 11.3 Å². The molecule has 3 rings (SSSR count). The Labute approximate surface area is 176 Å². The van der Waals surface area contributed by atoms with E-state index in [1.807, 2.05) is 31.2 Å². The summed E-state index contributed by atoms with van der Waals surface area (Å²) in [5, 5.41) is 12.1. The van der Waals surface area contributed by atoms with Crippen LogP contribution < -0.4 is 10.0 Å². The number of para-hydroxylation sites is 1. The van der Waals surface area contributed by atoms with E-state index in [0.717, 1.165) is 24.0 Å². The fraction of sp³-hybridized carbons (Fsp3) is 0.174. The number of aromatic hydroxyl groups is 1. The van der Waals surface area contributed by atoms with Gasteiger partial charge in [-0.05, 0) is 73.4 Å². The van der Waals surface area contributed by atoms with Gasteiger partial charge in [0.15, 0.2) is 0 Å². The Morgan fingerprint density at radius 1 is 0.933 bits per heavy atom. The van der Waals surface area contributed by atoms with Crippen molar-refractivity contribution in [3.8, 4) is 5.75 Å². The van der Waals surface area contributed by atoms with Gasteiger partial charge in [-0.25, -0.2) is 8.42 Å². The van der Waals surface area contributed by atoms with E-state index in [-0.39, 0.29) is 16.6 Å². The van der Waals surface area contributed by atoms with Gasteiger partial charge in [-0.2, -0.15) is 0 Å². The summed E-state index contributed by atoms with van der Waals surface area (Å²) in [5.41, 5.74) is 2.82. The molecule has 0 aliphatic carbocycles. The maximum atomic E-state index is 12.6. The van der Waals surface area contributed by atoms with E-state index in [9.17, 15) is 18.3 Å². The molecule has 156 valence electrons. The third-order valence-corrected chi connectivity index (χ3v) is 6.06.